The Morgan fingerprint density at radius 2 is 1.47 bits per heavy atom. The Labute approximate surface area is 177 Å². The van der Waals surface area contributed by atoms with Crippen LogP contribution >= 0.6 is 0 Å². The van der Waals surface area contributed by atoms with Gasteiger partial charge in [0, 0.05) is 48.8 Å². The molecule has 30 heavy (non-hydrogen) atoms. The molecule has 1 N–H and O–H groups in total. The van der Waals surface area contributed by atoms with Crippen molar-refractivity contribution in [1.29, 1.82) is 0 Å². The SMILES string of the molecule is COc1ccc(C(=O)Nc2ccc(N3CCN(c4ccc(C)nc4)CC3)cc2)cc1. The molecule has 0 saturated carbocycles. The molecule has 0 spiro atoms. The van der Waals surface area contributed by atoms with Crippen LogP contribution in [0.25, 0.3) is 0 Å². The van der Waals surface area contributed by atoms with Crippen LogP contribution < -0.4 is 19.9 Å². The summed E-state index contributed by atoms with van der Waals surface area (Å²) in [5.74, 6) is 0.598. The number of aryl methyl sites for hydroxylation is 1. The van der Waals surface area contributed by atoms with Crippen molar-refractivity contribution in [1.82, 2.24) is 4.98 Å². The van der Waals surface area contributed by atoms with Crippen LogP contribution in [0.1, 0.15) is 16.1 Å². The number of pyridine rings is 1. The van der Waals surface area contributed by atoms with Crippen molar-refractivity contribution >= 4 is 23.0 Å². The molecule has 0 bridgehead atoms. The minimum absolute atomic E-state index is 0.134. The van der Waals surface area contributed by atoms with Crippen molar-refractivity contribution < 1.29 is 9.53 Å². The topological polar surface area (TPSA) is 57.7 Å². The average Bonchev–Trinajstić information content (AvgIpc) is 2.80. The molecule has 4 rings (SSSR count). The molecule has 154 valence electrons. The quantitative estimate of drug-likeness (QED) is 0.700. The van der Waals surface area contributed by atoms with Crippen molar-refractivity contribution in [3.05, 3.63) is 78.1 Å². The first kappa shape index (κ1) is 19.8. The maximum Gasteiger partial charge on any atom is 0.255 e. The summed E-state index contributed by atoms with van der Waals surface area (Å²) < 4.78 is 5.13. The van der Waals surface area contributed by atoms with Gasteiger partial charge in [-0.1, -0.05) is 0 Å². The van der Waals surface area contributed by atoms with E-state index in [1.165, 1.54) is 11.4 Å². The first-order valence-corrected chi connectivity index (χ1v) is 10.1. The molecule has 0 unspecified atom stereocenters. The Balaban J connectivity index is 1.33. The van der Waals surface area contributed by atoms with Gasteiger partial charge in [-0.2, -0.15) is 0 Å². The summed E-state index contributed by atoms with van der Waals surface area (Å²) in [7, 11) is 1.61. The Morgan fingerprint density at radius 3 is 2.03 bits per heavy atom. The number of ether oxygens (including phenoxy) is 1. The third-order valence-corrected chi connectivity index (χ3v) is 5.38. The van der Waals surface area contributed by atoms with Crippen LogP contribution in [0, 0.1) is 6.92 Å². The van der Waals surface area contributed by atoms with Crippen LogP contribution in [0.2, 0.25) is 0 Å². The maximum atomic E-state index is 12.4. The molecule has 3 aromatic rings. The van der Waals surface area contributed by atoms with Gasteiger partial charge in [0.05, 0.1) is 19.0 Å². The number of aromatic nitrogens is 1. The second kappa shape index (κ2) is 8.86. The molecule has 1 fully saturated rings. The summed E-state index contributed by atoms with van der Waals surface area (Å²) in [6.07, 6.45) is 1.95. The molecule has 0 atom stereocenters. The molecule has 1 amide bonds. The fourth-order valence-corrected chi connectivity index (χ4v) is 3.57. The van der Waals surface area contributed by atoms with E-state index in [1.54, 1.807) is 31.4 Å². The molecule has 0 aliphatic carbocycles. The average molecular weight is 402 g/mol. The fraction of sp³-hybridized carbons (Fsp3) is 0.250. The van der Waals surface area contributed by atoms with Gasteiger partial charge in [0.25, 0.3) is 5.91 Å². The first-order valence-electron chi connectivity index (χ1n) is 10.1. The highest BCUT2D eigenvalue weighted by Crippen LogP contribution is 2.22. The van der Waals surface area contributed by atoms with E-state index in [-0.39, 0.29) is 5.91 Å². The van der Waals surface area contributed by atoms with Crippen molar-refractivity contribution in [2.75, 3.05) is 48.4 Å². The Hall–Kier alpha value is -3.54. The lowest BCUT2D eigenvalue weighted by Gasteiger charge is -2.37. The normalized spacial score (nSPS) is 13.8. The number of benzene rings is 2. The molecular weight excluding hydrogens is 376 g/mol. The van der Waals surface area contributed by atoms with Gasteiger partial charge in [0.2, 0.25) is 0 Å². The molecule has 2 heterocycles. The maximum absolute atomic E-state index is 12.4. The highest BCUT2D eigenvalue weighted by Gasteiger charge is 2.18. The smallest absolute Gasteiger partial charge is 0.255 e. The van der Waals surface area contributed by atoms with Crippen LogP contribution in [0.5, 0.6) is 5.75 Å². The summed E-state index contributed by atoms with van der Waals surface area (Å²) in [6, 6.07) is 19.3. The van der Waals surface area contributed by atoms with Crippen LogP contribution in [0.4, 0.5) is 17.1 Å². The molecule has 1 saturated heterocycles. The van der Waals surface area contributed by atoms with E-state index >= 15 is 0 Å². The monoisotopic (exact) mass is 402 g/mol. The number of amides is 1. The largest absolute Gasteiger partial charge is 0.497 e. The van der Waals surface area contributed by atoms with Gasteiger partial charge in [-0.3, -0.25) is 9.78 Å². The fourth-order valence-electron chi connectivity index (χ4n) is 3.57. The number of anilines is 3. The zero-order valence-electron chi connectivity index (χ0n) is 17.3. The van der Waals surface area contributed by atoms with Crippen molar-refractivity contribution in [2.24, 2.45) is 0 Å². The van der Waals surface area contributed by atoms with E-state index in [1.807, 2.05) is 25.3 Å². The predicted octanol–water partition coefficient (Wildman–Crippen LogP) is 3.98. The first-order chi connectivity index (χ1) is 14.6. The van der Waals surface area contributed by atoms with Crippen molar-refractivity contribution in [2.45, 2.75) is 6.92 Å². The molecule has 1 aromatic heterocycles. The van der Waals surface area contributed by atoms with Gasteiger partial charge in [-0.15, -0.1) is 0 Å². The van der Waals surface area contributed by atoms with E-state index in [0.29, 0.717) is 5.56 Å². The van der Waals surface area contributed by atoms with Gasteiger partial charge in [0.15, 0.2) is 0 Å². The van der Waals surface area contributed by atoms with Gasteiger partial charge < -0.3 is 19.9 Å². The second-order valence-electron chi connectivity index (χ2n) is 7.36. The minimum atomic E-state index is -0.134. The lowest BCUT2D eigenvalue weighted by molar-refractivity contribution is 0.102. The van der Waals surface area contributed by atoms with Gasteiger partial charge in [-0.25, -0.2) is 0 Å². The Kier molecular flexibility index (Phi) is 5.84. The van der Waals surface area contributed by atoms with E-state index in [0.717, 1.165) is 43.3 Å². The summed E-state index contributed by atoms with van der Waals surface area (Å²) >= 11 is 0. The van der Waals surface area contributed by atoms with Crippen molar-refractivity contribution in [3.8, 4) is 5.75 Å². The molecule has 6 nitrogen and oxygen atoms in total. The Morgan fingerprint density at radius 1 is 0.867 bits per heavy atom. The number of carbonyl (C=O) groups is 1. The third kappa shape index (κ3) is 4.54. The van der Waals surface area contributed by atoms with E-state index < -0.39 is 0 Å². The number of rotatable bonds is 5. The minimum Gasteiger partial charge on any atom is -0.497 e. The van der Waals surface area contributed by atoms with E-state index in [4.69, 9.17) is 4.74 Å². The van der Waals surface area contributed by atoms with Gasteiger partial charge in [-0.05, 0) is 67.6 Å². The highest BCUT2D eigenvalue weighted by atomic mass is 16.5. The lowest BCUT2D eigenvalue weighted by atomic mass is 10.2. The number of carbonyl (C=O) groups excluding carboxylic acids is 1. The van der Waals surface area contributed by atoms with E-state index in [2.05, 4.69) is 44.4 Å². The number of hydrogen-bond donors (Lipinski definition) is 1. The summed E-state index contributed by atoms with van der Waals surface area (Å²) in [5.41, 5.74) is 4.76. The van der Waals surface area contributed by atoms with Crippen LogP contribution in [0.3, 0.4) is 0 Å². The lowest BCUT2D eigenvalue weighted by Crippen LogP contribution is -2.46. The molecule has 6 heteroatoms. The molecule has 2 aromatic carbocycles. The number of hydrogen-bond acceptors (Lipinski definition) is 5. The highest BCUT2D eigenvalue weighted by molar-refractivity contribution is 6.04. The van der Waals surface area contributed by atoms with Gasteiger partial charge >= 0.3 is 0 Å². The van der Waals surface area contributed by atoms with Crippen LogP contribution in [-0.4, -0.2) is 44.2 Å². The number of methoxy groups -OCH3 is 1. The number of piperazine rings is 1. The summed E-state index contributed by atoms with van der Waals surface area (Å²) in [6.45, 7) is 5.82. The number of nitrogens with zero attached hydrogens (tertiary/aromatic N) is 3. The predicted molar refractivity (Wildman–Crippen MR) is 121 cm³/mol. The van der Waals surface area contributed by atoms with Gasteiger partial charge in [0.1, 0.15) is 5.75 Å². The van der Waals surface area contributed by atoms with E-state index in [9.17, 15) is 4.79 Å². The van der Waals surface area contributed by atoms with Crippen molar-refractivity contribution in [3.63, 3.8) is 0 Å². The Bertz CT molecular complexity index is 977. The standard InChI is InChI=1S/C24H26N4O2/c1-18-3-8-22(17-25-18)28-15-13-27(14-16-28)21-9-6-20(7-10-21)26-24(29)19-4-11-23(30-2)12-5-19/h3-12,17H,13-16H2,1-2H3,(H,26,29). The molecule has 0 radical (unpaired) electrons. The molecular formula is C24H26N4O2. The third-order valence-electron chi connectivity index (χ3n) is 5.38. The molecule has 1 aliphatic heterocycles. The molecule has 1 aliphatic rings. The second-order valence-corrected chi connectivity index (χ2v) is 7.36. The number of nitrogens with one attached hydrogen (secondary N) is 1. The zero-order chi connectivity index (χ0) is 20.9. The summed E-state index contributed by atoms with van der Waals surface area (Å²) in [4.78, 5) is 21.6. The summed E-state index contributed by atoms with van der Waals surface area (Å²) in [5, 5.41) is 2.95. The zero-order valence-corrected chi connectivity index (χ0v) is 17.3. The van der Waals surface area contributed by atoms with Crippen LogP contribution in [0.15, 0.2) is 66.9 Å². The van der Waals surface area contributed by atoms with Crippen LogP contribution in [-0.2, 0) is 0 Å².